The first-order valence-electron chi connectivity index (χ1n) is 5.42. The molecule has 0 radical (unpaired) electrons. The van der Waals surface area contributed by atoms with Crippen LogP contribution in [0.5, 0.6) is 0 Å². The molecular formula is C11H23NO2. The first-order chi connectivity index (χ1) is 6.57. The van der Waals surface area contributed by atoms with Gasteiger partial charge in [-0.25, -0.2) is 0 Å². The smallest absolute Gasteiger partial charge is 0.129 e. The third kappa shape index (κ3) is 7.04. The van der Waals surface area contributed by atoms with Crippen LogP contribution in [0.15, 0.2) is 0 Å². The molecule has 0 aromatic carbocycles. The molecule has 0 saturated carbocycles. The zero-order valence-corrected chi connectivity index (χ0v) is 9.62. The van der Waals surface area contributed by atoms with Crippen LogP contribution in [0.3, 0.4) is 0 Å². The van der Waals surface area contributed by atoms with E-state index in [2.05, 4.69) is 18.7 Å². The van der Waals surface area contributed by atoms with E-state index in [0.29, 0.717) is 12.5 Å². The monoisotopic (exact) mass is 201 g/mol. The van der Waals surface area contributed by atoms with Gasteiger partial charge in [0, 0.05) is 25.6 Å². The van der Waals surface area contributed by atoms with Gasteiger partial charge in [-0.15, -0.1) is 0 Å². The molecule has 0 spiro atoms. The summed E-state index contributed by atoms with van der Waals surface area (Å²) in [7, 11) is 0. The Morgan fingerprint density at radius 1 is 1.29 bits per heavy atom. The van der Waals surface area contributed by atoms with Gasteiger partial charge >= 0.3 is 0 Å². The molecule has 0 aromatic heterocycles. The lowest BCUT2D eigenvalue weighted by atomic mass is 10.2. The number of carbonyl (C=O) groups is 1. The number of ketones is 1. The quantitative estimate of drug-likeness (QED) is 0.646. The number of Topliss-reactive ketones (excluding diaryl/α,β-unsaturated/α-hetero) is 1. The molecule has 0 bridgehead atoms. The van der Waals surface area contributed by atoms with Crippen molar-refractivity contribution in [3.8, 4) is 0 Å². The fourth-order valence-electron chi connectivity index (χ4n) is 1.43. The van der Waals surface area contributed by atoms with Crippen LogP contribution in [-0.2, 0) is 4.79 Å². The topological polar surface area (TPSA) is 40.5 Å². The van der Waals surface area contributed by atoms with Crippen LogP contribution < -0.4 is 0 Å². The van der Waals surface area contributed by atoms with Crippen LogP contribution in [0.1, 0.15) is 40.0 Å². The SMILES string of the molecule is CC(=O)CCCN(CCCO)C(C)C. The first-order valence-corrected chi connectivity index (χ1v) is 5.42. The molecule has 1 N–H and O–H groups in total. The number of hydrogen-bond acceptors (Lipinski definition) is 3. The van der Waals surface area contributed by atoms with Crippen LogP contribution >= 0.6 is 0 Å². The molecular weight excluding hydrogens is 178 g/mol. The van der Waals surface area contributed by atoms with Gasteiger partial charge in [-0.2, -0.15) is 0 Å². The van der Waals surface area contributed by atoms with E-state index in [-0.39, 0.29) is 12.4 Å². The molecule has 0 heterocycles. The Hall–Kier alpha value is -0.410. The van der Waals surface area contributed by atoms with E-state index < -0.39 is 0 Å². The molecule has 0 aromatic rings. The summed E-state index contributed by atoms with van der Waals surface area (Å²) in [5.74, 6) is 0.260. The zero-order valence-electron chi connectivity index (χ0n) is 9.62. The molecule has 0 unspecified atom stereocenters. The van der Waals surface area contributed by atoms with Crippen molar-refractivity contribution >= 4 is 5.78 Å². The minimum atomic E-state index is 0.246. The highest BCUT2D eigenvalue weighted by Gasteiger charge is 2.08. The third-order valence-electron chi connectivity index (χ3n) is 2.31. The maximum Gasteiger partial charge on any atom is 0.129 e. The van der Waals surface area contributed by atoms with E-state index in [9.17, 15) is 4.79 Å². The fourth-order valence-corrected chi connectivity index (χ4v) is 1.43. The van der Waals surface area contributed by atoms with Crippen LogP contribution in [0.4, 0.5) is 0 Å². The van der Waals surface area contributed by atoms with Crippen molar-refractivity contribution in [2.24, 2.45) is 0 Å². The molecule has 0 amide bonds. The lowest BCUT2D eigenvalue weighted by Crippen LogP contribution is -2.33. The summed E-state index contributed by atoms with van der Waals surface area (Å²) in [6, 6.07) is 0.494. The highest BCUT2D eigenvalue weighted by molar-refractivity contribution is 5.75. The van der Waals surface area contributed by atoms with Gasteiger partial charge in [0.2, 0.25) is 0 Å². The van der Waals surface area contributed by atoms with Gasteiger partial charge in [-0.05, 0) is 40.2 Å². The zero-order chi connectivity index (χ0) is 11.0. The molecule has 0 rings (SSSR count). The number of nitrogens with zero attached hydrogens (tertiary/aromatic N) is 1. The molecule has 0 aliphatic heterocycles. The summed E-state index contributed by atoms with van der Waals surface area (Å²) >= 11 is 0. The van der Waals surface area contributed by atoms with Gasteiger partial charge in [0.25, 0.3) is 0 Å². The highest BCUT2D eigenvalue weighted by atomic mass is 16.3. The fraction of sp³-hybridized carbons (Fsp3) is 0.909. The second kappa shape index (κ2) is 7.94. The molecule has 0 aliphatic carbocycles. The Kier molecular flexibility index (Phi) is 7.71. The Morgan fingerprint density at radius 3 is 2.29 bits per heavy atom. The second-order valence-corrected chi connectivity index (χ2v) is 4.01. The summed E-state index contributed by atoms with van der Waals surface area (Å²) < 4.78 is 0. The van der Waals surface area contributed by atoms with Crippen molar-refractivity contribution in [3.63, 3.8) is 0 Å². The molecule has 3 heteroatoms. The van der Waals surface area contributed by atoms with Crippen molar-refractivity contribution in [2.75, 3.05) is 19.7 Å². The number of aliphatic hydroxyl groups excluding tert-OH is 1. The molecule has 0 fully saturated rings. The summed E-state index contributed by atoms with van der Waals surface area (Å²) in [6.45, 7) is 8.04. The van der Waals surface area contributed by atoms with Crippen LogP contribution in [0.25, 0.3) is 0 Å². The Labute approximate surface area is 87.1 Å². The Morgan fingerprint density at radius 2 is 1.86 bits per heavy atom. The van der Waals surface area contributed by atoms with Crippen LogP contribution in [0.2, 0.25) is 0 Å². The van der Waals surface area contributed by atoms with Crippen molar-refractivity contribution in [2.45, 2.75) is 46.1 Å². The van der Waals surface area contributed by atoms with Crippen LogP contribution in [0, 0.1) is 0 Å². The number of aliphatic hydroxyl groups is 1. The minimum Gasteiger partial charge on any atom is -0.396 e. The van der Waals surface area contributed by atoms with E-state index in [1.54, 1.807) is 6.92 Å². The third-order valence-corrected chi connectivity index (χ3v) is 2.31. The van der Waals surface area contributed by atoms with E-state index in [0.717, 1.165) is 25.9 Å². The number of rotatable bonds is 8. The van der Waals surface area contributed by atoms with E-state index in [1.165, 1.54) is 0 Å². The van der Waals surface area contributed by atoms with E-state index >= 15 is 0 Å². The molecule has 3 nitrogen and oxygen atoms in total. The van der Waals surface area contributed by atoms with Gasteiger partial charge in [-0.3, -0.25) is 0 Å². The van der Waals surface area contributed by atoms with Crippen LogP contribution in [-0.4, -0.2) is 41.5 Å². The Balaban J connectivity index is 3.67. The van der Waals surface area contributed by atoms with Crippen molar-refractivity contribution in [1.29, 1.82) is 0 Å². The van der Waals surface area contributed by atoms with Crippen molar-refractivity contribution in [3.05, 3.63) is 0 Å². The minimum absolute atomic E-state index is 0.246. The maximum absolute atomic E-state index is 10.8. The average molecular weight is 201 g/mol. The number of carbonyl (C=O) groups excluding carboxylic acids is 1. The lowest BCUT2D eigenvalue weighted by Gasteiger charge is -2.25. The van der Waals surface area contributed by atoms with Gasteiger partial charge < -0.3 is 14.8 Å². The second-order valence-electron chi connectivity index (χ2n) is 4.01. The maximum atomic E-state index is 10.8. The predicted octanol–water partition coefficient (Wildman–Crippen LogP) is 1.45. The normalized spacial score (nSPS) is 11.3. The average Bonchev–Trinajstić information content (AvgIpc) is 2.09. The molecule has 14 heavy (non-hydrogen) atoms. The van der Waals surface area contributed by atoms with E-state index in [4.69, 9.17) is 5.11 Å². The number of hydrogen-bond donors (Lipinski definition) is 1. The van der Waals surface area contributed by atoms with Crippen molar-refractivity contribution in [1.82, 2.24) is 4.90 Å². The van der Waals surface area contributed by atoms with Gasteiger partial charge in [0.1, 0.15) is 5.78 Å². The van der Waals surface area contributed by atoms with Gasteiger partial charge in [-0.1, -0.05) is 0 Å². The summed E-state index contributed by atoms with van der Waals surface area (Å²) in [5.41, 5.74) is 0. The lowest BCUT2D eigenvalue weighted by molar-refractivity contribution is -0.117. The standard InChI is InChI=1S/C11H23NO2/c1-10(2)12(8-5-9-13)7-4-6-11(3)14/h10,13H,4-9H2,1-3H3. The summed E-state index contributed by atoms with van der Waals surface area (Å²) in [6.07, 6.45) is 2.42. The predicted molar refractivity (Wildman–Crippen MR) is 58.3 cm³/mol. The van der Waals surface area contributed by atoms with Gasteiger partial charge in [0.05, 0.1) is 0 Å². The first kappa shape index (κ1) is 13.6. The molecule has 84 valence electrons. The van der Waals surface area contributed by atoms with Crippen molar-refractivity contribution < 1.29 is 9.90 Å². The largest absolute Gasteiger partial charge is 0.396 e. The summed E-state index contributed by atoms with van der Waals surface area (Å²) in [5, 5.41) is 8.73. The van der Waals surface area contributed by atoms with Gasteiger partial charge in [0.15, 0.2) is 0 Å². The highest BCUT2D eigenvalue weighted by Crippen LogP contribution is 2.03. The molecule has 0 saturated heterocycles. The molecule has 0 atom stereocenters. The summed E-state index contributed by atoms with van der Waals surface area (Å²) in [4.78, 5) is 13.1. The van der Waals surface area contributed by atoms with E-state index in [1.807, 2.05) is 0 Å². The Bertz CT molecular complexity index is 157. The molecule has 0 aliphatic rings.